The summed E-state index contributed by atoms with van der Waals surface area (Å²) < 4.78 is 7.60. The van der Waals surface area contributed by atoms with E-state index < -0.39 is 0 Å². The molecule has 4 heteroatoms. The first-order valence-electron chi connectivity index (χ1n) is 6.97. The van der Waals surface area contributed by atoms with Crippen LogP contribution < -0.4 is 0 Å². The lowest BCUT2D eigenvalue weighted by atomic mass is 9.75. The van der Waals surface area contributed by atoms with E-state index in [1.807, 2.05) is 0 Å². The number of nitrogens with zero attached hydrogens (tertiary/aromatic N) is 2. The number of ether oxygens (including phenoxy) is 1. The molecule has 0 saturated carbocycles. The lowest BCUT2D eigenvalue weighted by molar-refractivity contribution is -0.0825. The van der Waals surface area contributed by atoms with Gasteiger partial charge in [0.25, 0.3) is 0 Å². The van der Waals surface area contributed by atoms with Crippen molar-refractivity contribution in [2.45, 2.75) is 18.4 Å². The molecule has 3 saturated heterocycles. The van der Waals surface area contributed by atoms with Crippen LogP contribution in [0.2, 0.25) is 0 Å². The first-order valence-corrected chi connectivity index (χ1v) is 8.05. The Labute approximate surface area is 127 Å². The van der Waals surface area contributed by atoms with Crippen molar-refractivity contribution in [1.29, 1.82) is 0 Å². The first-order chi connectivity index (χ1) is 9.25. The Kier molecular flexibility index (Phi) is 2.84. The molecule has 3 nitrogen and oxygen atoms in total. The zero-order valence-electron chi connectivity index (χ0n) is 10.8. The van der Waals surface area contributed by atoms with Crippen molar-refractivity contribution < 1.29 is 4.74 Å². The fraction of sp³-hybridized carbons (Fsp3) is 0.533. The zero-order valence-corrected chi connectivity index (χ0v) is 13.0. The van der Waals surface area contributed by atoms with Crippen LogP contribution in [0.25, 0.3) is 0 Å². The molecule has 4 aliphatic heterocycles. The molecule has 1 spiro atoms. The molecule has 4 aliphatic rings. The van der Waals surface area contributed by atoms with Crippen LogP contribution >= 0.6 is 22.6 Å². The van der Waals surface area contributed by atoms with E-state index in [1.54, 1.807) is 0 Å². The predicted molar refractivity (Wildman–Crippen MR) is 83.5 cm³/mol. The van der Waals surface area contributed by atoms with Crippen LogP contribution in [0.15, 0.2) is 29.3 Å². The third-order valence-corrected chi connectivity index (χ3v) is 5.42. The smallest absolute Gasteiger partial charge is 0.216 e. The van der Waals surface area contributed by atoms with Crippen molar-refractivity contribution in [3.8, 4) is 0 Å². The molecule has 5 rings (SSSR count). The van der Waals surface area contributed by atoms with Crippen LogP contribution in [0.1, 0.15) is 18.4 Å². The Morgan fingerprint density at radius 3 is 2.58 bits per heavy atom. The molecule has 0 amide bonds. The number of piperidine rings is 3. The van der Waals surface area contributed by atoms with Gasteiger partial charge in [0.05, 0.1) is 6.54 Å². The van der Waals surface area contributed by atoms with Gasteiger partial charge in [-0.15, -0.1) is 0 Å². The van der Waals surface area contributed by atoms with Gasteiger partial charge in [0, 0.05) is 21.6 Å². The van der Waals surface area contributed by atoms with Gasteiger partial charge >= 0.3 is 0 Å². The average molecular weight is 368 g/mol. The van der Waals surface area contributed by atoms with Gasteiger partial charge in [0.15, 0.2) is 0 Å². The second-order valence-electron chi connectivity index (χ2n) is 5.85. The monoisotopic (exact) mass is 368 g/mol. The Balaban J connectivity index is 1.57. The molecule has 1 aromatic rings. The van der Waals surface area contributed by atoms with Gasteiger partial charge in [0.2, 0.25) is 5.90 Å². The van der Waals surface area contributed by atoms with Gasteiger partial charge in [-0.25, -0.2) is 4.99 Å². The first kappa shape index (κ1) is 12.1. The van der Waals surface area contributed by atoms with E-state index in [9.17, 15) is 0 Å². The maximum absolute atomic E-state index is 6.36. The van der Waals surface area contributed by atoms with Gasteiger partial charge in [-0.05, 0) is 72.8 Å². The van der Waals surface area contributed by atoms with E-state index in [1.165, 1.54) is 29.5 Å². The van der Waals surface area contributed by atoms with Gasteiger partial charge in [-0.3, -0.25) is 4.90 Å². The highest BCUT2D eigenvalue weighted by atomic mass is 127. The van der Waals surface area contributed by atoms with Gasteiger partial charge in [-0.2, -0.15) is 0 Å². The minimum absolute atomic E-state index is 0.0190. The third kappa shape index (κ3) is 2.00. The highest BCUT2D eigenvalue weighted by molar-refractivity contribution is 14.1. The van der Waals surface area contributed by atoms with E-state index in [2.05, 4.69) is 51.8 Å². The fourth-order valence-corrected chi connectivity index (χ4v) is 3.98. The standard InChI is InChI=1S/C15H17IN2O/c16-13-3-1-11(2-4-13)14-17-9-15(19-14)10-18-7-5-12(15)6-8-18/h1-4,12H,5-10H2. The molecule has 0 N–H and O–H groups in total. The molecule has 3 fully saturated rings. The Hall–Kier alpha value is -0.620. The van der Waals surface area contributed by atoms with Gasteiger partial charge in [-0.1, -0.05) is 0 Å². The summed E-state index contributed by atoms with van der Waals surface area (Å²) in [6.45, 7) is 4.40. The molecule has 0 aliphatic carbocycles. The summed E-state index contributed by atoms with van der Waals surface area (Å²) in [4.78, 5) is 7.23. The molecule has 1 atom stereocenters. The number of benzene rings is 1. The predicted octanol–water partition coefficient (Wildman–Crippen LogP) is 2.53. The van der Waals surface area contributed by atoms with Crippen molar-refractivity contribution in [3.05, 3.63) is 33.4 Å². The van der Waals surface area contributed by atoms with Crippen LogP contribution in [0.4, 0.5) is 0 Å². The molecule has 0 aromatic heterocycles. The molecule has 1 unspecified atom stereocenters. The second kappa shape index (κ2) is 4.45. The zero-order chi connectivity index (χ0) is 12.9. The van der Waals surface area contributed by atoms with E-state index >= 15 is 0 Å². The second-order valence-corrected chi connectivity index (χ2v) is 7.09. The van der Waals surface area contributed by atoms with E-state index in [4.69, 9.17) is 9.73 Å². The number of hydrogen-bond donors (Lipinski definition) is 0. The quantitative estimate of drug-likeness (QED) is 0.712. The molecule has 4 heterocycles. The van der Waals surface area contributed by atoms with Crippen molar-refractivity contribution in [1.82, 2.24) is 4.90 Å². The summed E-state index contributed by atoms with van der Waals surface area (Å²) in [6, 6.07) is 8.45. The number of halogens is 1. The number of hydrogen-bond acceptors (Lipinski definition) is 3. The van der Waals surface area contributed by atoms with Crippen molar-refractivity contribution in [2.75, 3.05) is 26.2 Å². The average Bonchev–Trinajstić information content (AvgIpc) is 2.85. The van der Waals surface area contributed by atoms with Crippen LogP contribution in [-0.4, -0.2) is 42.6 Å². The minimum Gasteiger partial charge on any atom is -0.467 e. The van der Waals surface area contributed by atoms with Crippen LogP contribution in [0, 0.1) is 9.49 Å². The van der Waals surface area contributed by atoms with E-state index in [-0.39, 0.29) is 5.60 Å². The van der Waals surface area contributed by atoms with Crippen molar-refractivity contribution in [2.24, 2.45) is 10.9 Å². The number of fused-ring (bicyclic) bond motifs is 2. The summed E-state index contributed by atoms with van der Waals surface area (Å²) in [7, 11) is 0. The summed E-state index contributed by atoms with van der Waals surface area (Å²) in [5.74, 6) is 1.55. The molecule has 100 valence electrons. The van der Waals surface area contributed by atoms with Gasteiger partial charge < -0.3 is 4.74 Å². The summed E-state index contributed by atoms with van der Waals surface area (Å²) in [6.07, 6.45) is 2.55. The van der Waals surface area contributed by atoms with E-state index in [0.717, 1.165) is 24.6 Å². The van der Waals surface area contributed by atoms with Gasteiger partial charge in [0.1, 0.15) is 5.60 Å². The van der Waals surface area contributed by atoms with E-state index in [0.29, 0.717) is 5.92 Å². The lowest BCUT2D eigenvalue weighted by Gasteiger charge is -2.50. The summed E-state index contributed by atoms with van der Waals surface area (Å²) in [5, 5.41) is 0. The summed E-state index contributed by atoms with van der Waals surface area (Å²) >= 11 is 2.32. The van der Waals surface area contributed by atoms with Crippen LogP contribution in [-0.2, 0) is 4.74 Å². The van der Waals surface area contributed by atoms with Crippen LogP contribution in [0.3, 0.4) is 0 Å². The minimum atomic E-state index is -0.0190. The number of rotatable bonds is 1. The topological polar surface area (TPSA) is 24.8 Å². The Morgan fingerprint density at radius 2 is 1.95 bits per heavy atom. The molecule has 19 heavy (non-hydrogen) atoms. The molecular weight excluding hydrogens is 351 g/mol. The largest absolute Gasteiger partial charge is 0.467 e. The van der Waals surface area contributed by atoms with Crippen molar-refractivity contribution >= 4 is 28.5 Å². The third-order valence-electron chi connectivity index (χ3n) is 4.70. The lowest BCUT2D eigenvalue weighted by Crippen LogP contribution is -2.60. The molecule has 2 bridgehead atoms. The fourth-order valence-electron chi connectivity index (χ4n) is 3.62. The number of aliphatic imine (C=N–C) groups is 1. The molecular formula is C15H17IN2O. The summed E-state index contributed by atoms with van der Waals surface area (Å²) in [5.41, 5.74) is 1.10. The Bertz CT molecular complexity index is 519. The Morgan fingerprint density at radius 1 is 1.21 bits per heavy atom. The SMILES string of the molecule is Ic1ccc(C2=NCC3(CN4CCC3CC4)O2)cc1. The van der Waals surface area contributed by atoms with Crippen molar-refractivity contribution in [3.63, 3.8) is 0 Å². The highest BCUT2D eigenvalue weighted by Gasteiger charge is 2.51. The van der Waals surface area contributed by atoms with Crippen LogP contribution in [0.5, 0.6) is 0 Å². The maximum Gasteiger partial charge on any atom is 0.216 e. The molecule has 1 aromatic carbocycles. The normalized spacial score (nSPS) is 36.4. The maximum atomic E-state index is 6.36. The molecule has 0 radical (unpaired) electrons. The highest BCUT2D eigenvalue weighted by Crippen LogP contribution is 2.41.